The Morgan fingerprint density at radius 2 is 2.05 bits per heavy atom. The minimum absolute atomic E-state index is 0.0146. The van der Waals surface area contributed by atoms with Crippen LogP contribution < -0.4 is 0 Å². The van der Waals surface area contributed by atoms with Gasteiger partial charge in [-0.1, -0.05) is 0 Å². The third-order valence-electron chi connectivity index (χ3n) is 2.49. The number of alkyl halides is 3. The summed E-state index contributed by atoms with van der Waals surface area (Å²) >= 11 is 1.12. The Labute approximate surface area is 110 Å². The van der Waals surface area contributed by atoms with E-state index >= 15 is 0 Å². The molecule has 8 heteroatoms. The maximum absolute atomic E-state index is 12.6. The first-order valence-corrected chi connectivity index (χ1v) is 5.97. The van der Waals surface area contributed by atoms with Gasteiger partial charge in [0.15, 0.2) is 5.69 Å². The van der Waals surface area contributed by atoms with Crippen LogP contribution in [0.25, 0.3) is 10.6 Å². The van der Waals surface area contributed by atoms with Gasteiger partial charge in [-0.15, -0.1) is 11.3 Å². The standard InChI is InChI=1S/C11H9F3N2O2S/c1-5-3-6(10(17)18)9(19-5)7-4-8(11(12,13)14)15-16(7)2/h3-4H,1-2H3,(H,17,18). The smallest absolute Gasteiger partial charge is 0.435 e. The van der Waals surface area contributed by atoms with E-state index in [1.165, 1.54) is 13.1 Å². The summed E-state index contributed by atoms with van der Waals surface area (Å²) < 4.78 is 38.8. The highest BCUT2D eigenvalue weighted by atomic mass is 32.1. The highest BCUT2D eigenvalue weighted by Crippen LogP contribution is 2.36. The zero-order valence-corrected chi connectivity index (χ0v) is 10.8. The molecule has 0 bridgehead atoms. The average Bonchev–Trinajstić information content (AvgIpc) is 2.80. The number of carboxylic acid groups (broad SMARTS) is 1. The van der Waals surface area contributed by atoms with Crippen LogP contribution in [0.3, 0.4) is 0 Å². The van der Waals surface area contributed by atoms with Crippen molar-refractivity contribution in [3.63, 3.8) is 0 Å². The molecule has 2 heterocycles. The number of rotatable bonds is 2. The highest BCUT2D eigenvalue weighted by molar-refractivity contribution is 7.15. The Kier molecular flexibility index (Phi) is 3.13. The average molecular weight is 290 g/mol. The fourth-order valence-corrected chi connectivity index (χ4v) is 2.73. The quantitative estimate of drug-likeness (QED) is 0.924. The Morgan fingerprint density at radius 1 is 1.42 bits per heavy atom. The van der Waals surface area contributed by atoms with Crippen molar-refractivity contribution in [2.24, 2.45) is 7.05 Å². The van der Waals surface area contributed by atoms with E-state index in [-0.39, 0.29) is 16.1 Å². The topological polar surface area (TPSA) is 55.1 Å². The van der Waals surface area contributed by atoms with E-state index in [2.05, 4.69) is 5.10 Å². The van der Waals surface area contributed by atoms with Gasteiger partial charge < -0.3 is 5.11 Å². The van der Waals surface area contributed by atoms with Crippen molar-refractivity contribution in [1.29, 1.82) is 0 Å². The van der Waals surface area contributed by atoms with E-state index in [9.17, 15) is 18.0 Å². The molecule has 0 atom stereocenters. The zero-order valence-electron chi connectivity index (χ0n) is 9.95. The monoisotopic (exact) mass is 290 g/mol. The summed E-state index contributed by atoms with van der Waals surface area (Å²) in [7, 11) is 1.35. The second kappa shape index (κ2) is 4.37. The van der Waals surface area contributed by atoms with Crippen LogP contribution in [-0.2, 0) is 13.2 Å². The van der Waals surface area contributed by atoms with Gasteiger partial charge in [0.25, 0.3) is 0 Å². The van der Waals surface area contributed by atoms with Crippen molar-refractivity contribution in [1.82, 2.24) is 9.78 Å². The molecule has 0 fully saturated rings. The molecule has 0 aromatic carbocycles. The number of halogens is 3. The molecule has 19 heavy (non-hydrogen) atoms. The number of carbonyl (C=O) groups is 1. The van der Waals surface area contributed by atoms with Crippen LogP contribution in [0, 0.1) is 6.92 Å². The summed E-state index contributed by atoms with van der Waals surface area (Å²) in [4.78, 5) is 12.1. The van der Waals surface area contributed by atoms with Gasteiger partial charge in [0.1, 0.15) is 0 Å². The number of hydrogen-bond acceptors (Lipinski definition) is 3. The lowest BCUT2D eigenvalue weighted by Gasteiger charge is -1.99. The third kappa shape index (κ3) is 2.48. The SMILES string of the molecule is Cc1cc(C(=O)O)c(-c2cc(C(F)(F)F)nn2C)s1. The fourth-order valence-electron chi connectivity index (χ4n) is 1.68. The molecule has 0 aliphatic rings. The normalized spacial score (nSPS) is 11.8. The Morgan fingerprint density at radius 3 is 2.53 bits per heavy atom. The molecule has 0 saturated carbocycles. The molecule has 0 radical (unpaired) electrons. The molecule has 0 spiro atoms. The largest absolute Gasteiger partial charge is 0.478 e. The Hall–Kier alpha value is -1.83. The van der Waals surface area contributed by atoms with Crippen LogP contribution in [0.2, 0.25) is 0 Å². The maximum Gasteiger partial charge on any atom is 0.435 e. The van der Waals surface area contributed by atoms with Crippen molar-refractivity contribution in [2.45, 2.75) is 13.1 Å². The number of aromatic carboxylic acids is 1. The lowest BCUT2D eigenvalue weighted by Crippen LogP contribution is -2.06. The Bertz CT molecular complexity index is 643. The molecule has 1 N–H and O–H groups in total. The molecule has 0 unspecified atom stereocenters. The number of hydrogen-bond donors (Lipinski definition) is 1. The van der Waals surface area contributed by atoms with Gasteiger partial charge in [-0.05, 0) is 19.1 Å². The molecule has 0 amide bonds. The summed E-state index contributed by atoms with van der Waals surface area (Å²) in [5.74, 6) is -1.17. The van der Waals surface area contributed by atoms with Gasteiger partial charge in [-0.2, -0.15) is 18.3 Å². The third-order valence-corrected chi connectivity index (χ3v) is 3.56. The minimum Gasteiger partial charge on any atom is -0.478 e. The second-order valence-electron chi connectivity index (χ2n) is 3.94. The highest BCUT2D eigenvalue weighted by Gasteiger charge is 2.35. The van der Waals surface area contributed by atoms with Crippen molar-refractivity contribution >= 4 is 17.3 Å². The van der Waals surface area contributed by atoms with Crippen molar-refractivity contribution in [3.8, 4) is 10.6 Å². The number of aromatic nitrogens is 2. The van der Waals surface area contributed by atoms with E-state index < -0.39 is 17.8 Å². The summed E-state index contributed by atoms with van der Waals surface area (Å²) in [6.07, 6.45) is -4.55. The molecule has 2 rings (SSSR count). The zero-order chi connectivity index (χ0) is 14.4. The van der Waals surface area contributed by atoms with Crippen LogP contribution in [0.15, 0.2) is 12.1 Å². The fraction of sp³-hybridized carbons (Fsp3) is 0.273. The molecular formula is C11H9F3N2O2S. The van der Waals surface area contributed by atoms with Crippen LogP contribution in [-0.4, -0.2) is 20.9 Å². The van der Waals surface area contributed by atoms with Gasteiger partial charge in [-0.25, -0.2) is 4.79 Å². The van der Waals surface area contributed by atoms with E-state index in [0.717, 1.165) is 22.1 Å². The molecular weight excluding hydrogens is 281 g/mol. The lowest BCUT2D eigenvalue weighted by molar-refractivity contribution is -0.141. The molecule has 4 nitrogen and oxygen atoms in total. The van der Waals surface area contributed by atoms with E-state index in [4.69, 9.17) is 5.11 Å². The van der Waals surface area contributed by atoms with Gasteiger partial charge in [0.05, 0.1) is 16.1 Å². The summed E-state index contributed by atoms with van der Waals surface area (Å²) in [6.45, 7) is 1.70. The summed E-state index contributed by atoms with van der Waals surface area (Å²) in [6, 6.07) is 2.29. The predicted octanol–water partition coefficient (Wildman–Crippen LogP) is 3.17. The molecule has 0 saturated heterocycles. The first-order chi connectivity index (χ1) is 8.70. The maximum atomic E-state index is 12.6. The summed E-state index contributed by atoms with van der Waals surface area (Å²) in [5.41, 5.74) is -0.908. The number of nitrogens with zero attached hydrogens (tertiary/aromatic N) is 2. The second-order valence-corrected chi connectivity index (χ2v) is 5.20. The van der Waals surface area contributed by atoms with Crippen LogP contribution in [0.1, 0.15) is 20.9 Å². The Balaban J connectivity index is 2.60. The molecule has 102 valence electrons. The molecule has 0 aliphatic carbocycles. The van der Waals surface area contributed by atoms with Crippen molar-refractivity contribution in [2.75, 3.05) is 0 Å². The lowest BCUT2D eigenvalue weighted by atomic mass is 10.2. The van der Waals surface area contributed by atoms with E-state index in [0.29, 0.717) is 4.88 Å². The van der Waals surface area contributed by atoms with Gasteiger partial charge >= 0.3 is 12.1 Å². The first kappa shape index (κ1) is 13.6. The van der Waals surface area contributed by atoms with Crippen molar-refractivity contribution in [3.05, 3.63) is 28.3 Å². The van der Waals surface area contributed by atoms with E-state index in [1.807, 2.05) is 0 Å². The van der Waals surface area contributed by atoms with Crippen molar-refractivity contribution < 1.29 is 23.1 Å². The van der Waals surface area contributed by atoms with Crippen LogP contribution in [0.4, 0.5) is 13.2 Å². The molecule has 2 aromatic heterocycles. The number of thiophene rings is 1. The molecule has 2 aromatic rings. The van der Waals surface area contributed by atoms with Gasteiger partial charge in [0.2, 0.25) is 0 Å². The van der Waals surface area contributed by atoms with E-state index in [1.54, 1.807) is 6.92 Å². The predicted molar refractivity (Wildman–Crippen MR) is 63.2 cm³/mol. The number of aryl methyl sites for hydroxylation is 2. The summed E-state index contributed by atoms with van der Waals surface area (Å²) in [5, 5.41) is 12.4. The number of carboxylic acids is 1. The van der Waals surface area contributed by atoms with Gasteiger partial charge in [0, 0.05) is 11.9 Å². The first-order valence-electron chi connectivity index (χ1n) is 5.15. The van der Waals surface area contributed by atoms with Crippen LogP contribution >= 0.6 is 11.3 Å². The van der Waals surface area contributed by atoms with Gasteiger partial charge in [-0.3, -0.25) is 4.68 Å². The molecule has 0 aliphatic heterocycles. The van der Waals surface area contributed by atoms with Crippen LogP contribution in [0.5, 0.6) is 0 Å². The minimum atomic E-state index is -4.55.